The smallest absolute Gasteiger partial charge is 0.462 e. The molecule has 0 fully saturated rings. The van der Waals surface area contributed by atoms with E-state index in [0.717, 1.165) is 50.4 Å². The van der Waals surface area contributed by atoms with E-state index in [2.05, 4.69) is 27.7 Å². The van der Waals surface area contributed by atoms with Crippen molar-refractivity contribution in [1.82, 2.24) is 0 Å². The first kappa shape index (κ1) is 48.0. The zero-order valence-corrected chi connectivity index (χ0v) is 33.2. The van der Waals surface area contributed by atoms with Gasteiger partial charge in [0.25, 0.3) is 0 Å². The van der Waals surface area contributed by atoms with Gasteiger partial charge in [0.05, 0.1) is 13.2 Å². The Balaban J connectivity index is 4.32. The second kappa shape index (κ2) is 34.1. The number of ether oxygens (including phenoxy) is 2. The number of hydrogen-bond donors (Lipinski definition) is 2. The van der Waals surface area contributed by atoms with Crippen molar-refractivity contribution >= 4 is 19.8 Å². The van der Waals surface area contributed by atoms with Crippen LogP contribution in [0.2, 0.25) is 0 Å². The maximum Gasteiger partial charge on any atom is 0.472 e. The van der Waals surface area contributed by atoms with Crippen LogP contribution in [0.15, 0.2) is 0 Å². The third-order valence-electron chi connectivity index (χ3n) is 9.28. The molecule has 0 bridgehead atoms. The standard InChI is InChI=1S/C39H78NO8P/c1-5-7-9-11-13-19-25-35(3)27-21-15-17-23-29-38(41)45-33-37(34-47-49(43,44)46-32-31-40)48-39(42)30-24-18-16-22-28-36(4)26-20-14-12-10-8-6-2/h35-37H,5-34,40H2,1-4H3,(H,43,44)/t35?,36?,37-/m1/s1. The van der Waals surface area contributed by atoms with Gasteiger partial charge in [0.1, 0.15) is 6.61 Å². The average molecular weight is 720 g/mol. The number of carbonyl (C=O) groups is 2. The van der Waals surface area contributed by atoms with Crippen LogP contribution in [0, 0.1) is 11.8 Å². The Kier molecular flexibility index (Phi) is 33.4. The molecule has 0 aliphatic rings. The monoisotopic (exact) mass is 720 g/mol. The van der Waals surface area contributed by atoms with Crippen LogP contribution in [0.1, 0.15) is 195 Å². The number of phosphoric acid groups is 1. The van der Waals surface area contributed by atoms with Crippen LogP contribution < -0.4 is 5.73 Å². The molecule has 0 spiro atoms. The van der Waals surface area contributed by atoms with Gasteiger partial charge >= 0.3 is 19.8 Å². The fourth-order valence-corrected chi connectivity index (χ4v) is 6.83. The van der Waals surface area contributed by atoms with Crippen molar-refractivity contribution in [2.45, 2.75) is 201 Å². The lowest BCUT2D eigenvalue weighted by atomic mass is 9.96. The molecule has 0 aromatic heterocycles. The van der Waals surface area contributed by atoms with E-state index in [-0.39, 0.29) is 38.6 Å². The summed E-state index contributed by atoms with van der Waals surface area (Å²) in [6.07, 6.45) is 28.4. The predicted molar refractivity (Wildman–Crippen MR) is 201 cm³/mol. The molecule has 0 aromatic rings. The number of phosphoric ester groups is 1. The molecule has 9 nitrogen and oxygen atoms in total. The number of carbonyl (C=O) groups excluding carboxylic acids is 2. The van der Waals surface area contributed by atoms with Gasteiger partial charge in [-0.05, 0) is 24.7 Å². The van der Waals surface area contributed by atoms with Crippen LogP contribution in [0.4, 0.5) is 0 Å². The van der Waals surface area contributed by atoms with Crippen molar-refractivity contribution < 1.29 is 37.6 Å². The normalized spacial score (nSPS) is 14.7. The second-order valence-corrected chi connectivity index (χ2v) is 15.9. The summed E-state index contributed by atoms with van der Waals surface area (Å²) >= 11 is 0. The van der Waals surface area contributed by atoms with E-state index in [4.69, 9.17) is 24.3 Å². The summed E-state index contributed by atoms with van der Waals surface area (Å²) in [7, 11) is -4.37. The van der Waals surface area contributed by atoms with E-state index < -0.39 is 26.5 Å². The number of unbranched alkanes of at least 4 members (excludes halogenated alkanes) is 16. The van der Waals surface area contributed by atoms with Crippen LogP contribution in [0.25, 0.3) is 0 Å². The van der Waals surface area contributed by atoms with E-state index in [9.17, 15) is 19.0 Å². The second-order valence-electron chi connectivity index (χ2n) is 14.4. The molecule has 0 saturated heterocycles. The molecule has 292 valence electrons. The van der Waals surface area contributed by atoms with Gasteiger partial charge in [-0.15, -0.1) is 0 Å². The van der Waals surface area contributed by atoms with E-state index >= 15 is 0 Å². The first-order valence-electron chi connectivity index (χ1n) is 20.3. The van der Waals surface area contributed by atoms with Crippen LogP contribution in [0.3, 0.4) is 0 Å². The van der Waals surface area contributed by atoms with Gasteiger partial charge in [0, 0.05) is 19.4 Å². The highest BCUT2D eigenvalue weighted by molar-refractivity contribution is 7.47. The minimum atomic E-state index is -4.37. The lowest BCUT2D eigenvalue weighted by Gasteiger charge is -2.20. The average Bonchev–Trinajstić information content (AvgIpc) is 3.07. The minimum Gasteiger partial charge on any atom is -0.462 e. The fraction of sp³-hybridized carbons (Fsp3) is 0.949. The van der Waals surface area contributed by atoms with Gasteiger partial charge in [0.15, 0.2) is 6.10 Å². The van der Waals surface area contributed by atoms with Crippen molar-refractivity contribution in [1.29, 1.82) is 0 Å². The Morgan fingerprint density at radius 2 is 1.00 bits per heavy atom. The van der Waals surface area contributed by atoms with Crippen molar-refractivity contribution in [2.24, 2.45) is 17.6 Å². The summed E-state index contributed by atoms with van der Waals surface area (Å²) in [4.78, 5) is 34.9. The quantitative estimate of drug-likeness (QED) is 0.0365. The van der Waals surface area contributed by atoms with Crippen molar-refractivity contribution in [3.05, 3.63) is 0 Å². The fourth-order valence-electron chi connectivity index (χ4n) is 6.07. The summed E-state index contributed by atoms with van der Waals surface area (Å²) in [5.74, 6) is 0.669. The summed E-state index contributed by atoms with van der Waals surface area (Å²) in [5, 5.41) is 0. The Labute approximate surface area is 301 Å². The molecule has 0 radical (unpaired) electrons. The largest absolute Gasteiger partial charge is 0.472 e. The third-order valence-corrected chi connectivity index (χ3v) is 10.3. The van der Waals surface area contributed by atoms with Crippen molar-refractivity contribution in [3.63, 3.8) is 0 Å². The number of esters is 2. The van der Waals surface area contributed by atoms with Gasteiger partial charge < -0.3 is 20.1 Å². The number of nitrogens with two attached hydrogens (primary N) is 1. The summed E-state index contributed by atoms with van der Waals surface area (Å²) in [5.41, 5.74) is 5.34. The number of hydrogen-bond acceptors (Lipinski definition) is 8. The van der Waals surface area contributed by atoms with Gasteiger partial charge in [-0.25, -0.2) is 4.57 Å². The maximum atomic E-state index is 12.6. The lowest BCUT2D eigenvalue weighted by molar-refractivity contribution is -0.161. The Morgan fingerprint density at radius 3 is 1.45 bits per heavy atom. The van der Waals surface area contributed by atoms with Crippen molar-refractivity contribution in [2.75, 3.05) is 26.4 Å². The molecule has 0 saturated carbocycles. The molecule has 0 amide bonds. The van der Waals surface area contributed by atoms with E-state index in [1.807, 2.05) is 0 Å². The van der Waals surface area contributed by atoms with E-state index in [0.29, 0.717) is 6.42 Å². The molecule has 0 rings (SSSR count). The molecule has 49 heavy (non-hydrogen) atoms. The molecule has 3 unspecified atom stereocenters. The third kappa shape index (κ3) is 33.9. The zero-order valence-electron chi connectivity index (χ0n) is 32.3. The molecule has 10 heteroatoms. The van der Waals surface area contributed by atoms with Gasteiger partial charge in [-0.3, -0.25) is 18.6 Å². The number of rotatable bonds is 37. The van der Waals surface area contributed by atoms with E-state index in [1.54, 1.807) is 0 Å². The summed E-state index contributed by atoms with van der Waals surface area (Å²) in [6.45, 7) is 8.42. The maximum absolute atomic E-state index is 12.6. The summed E-state index contributed by atoms with van der Waals surface area (Å²) in [6, 6.07) is 0. The Hall–Kier alpha value is -0.990. The first-order chi connectivity index (χ1) is 23.6. The van der Waals surface area contributed by atoms with Crippen LogP contribution in [-0.4, -0.2) is 49.3 Å². The highest BCUT2D eigenvalue weighted by Crippen LogP contribution is 2.43. The van der Waals surface area contributed by atoms with E-state index in [1.165, 1.54) is 109 Å². The Morgan fingerprint density at radius 1 is 0.592 bits per heavy atom. The minimum absolute atomic E-state index is 0.0557. The van der Waals surface area contributed by atoms with Crippen LogP contribution in [0.5, 0.6) is 0 Å². The highest BCUT2D eigenvalue weighted by Gasteiger charge is 2.26. The van der Waals surface area contributed by atoms with Crippen LogP contribution >= 0.6 is 7.82 Å². The molecule has 3 N–H and O–H groups in total. The predicted octanol–water partition coefficient (Wildman–Crippen LogP) is 11.0. The highest BCUT2D eigenvalue weighted by atomic mass is 31.2. The first-order valence-corrected chi connectivity index (χ1v) is 21.8. The van der Waals surface area contributed by atoms with Crippen LogP contribution in [-0.2, 0) is 32.7 Å². The lowest BCUT2D eigenvalue weighted by Crippen LogP contribution is -2.29. The molecule has 4 atom stereocenters. The molecular weight excluding hydrogens is 641 g/mol. The Bertz CT molecular complexity index is 814. The molecule has 0 aliphatic heterocycles. The molecule has 0 aromatic carbocycles. The molecule has 0 heterocycles. The van der Waals surface area contributed by atoms with Crippen molar-refractivity contribution in [3.8, 4) is 0 Å². The summed E-state index contributed by atoms with van der Waals surface area (Å²) < 4.78 is 32.8. The topological polar surface area (TPSA) is 134 Å². The molecular formula is C39H78NO8P. The SMILES string of the molecule is CCCCCCCCC(C)CCCCCCC(=O)OC[C@H](COP(=O)(O)OCCN)OC(=O)CCCCCCC(C)CCCCCCCC. The van der Waals surface area contributed by atoms with Gasteiger partial charge in [-0.1, -0.05) is 169 Å². The molecule has 0 aliphatic carbocycles. The van der Waals surface area contributed by atoms with Gasteiger partial charge in [-0.2, -0.15) is 0 Å². The zero-order chi connectivity index (χ0) is 36.4. The van der Waals surface area contributed by atoms with Gasteiger partial charge in [0.2, 0.25) is 0 Å².